The molecule has 0 aliphatic heterocycles. The van der Waals surface area contributed by atoms with Crippen LogP contribution in [0.3, 0.4) is 0 Å². The second kappa shape index (κ2) is 10.5. The van der Waals surface area contributed by atoms with Gasteiger partial charge in [-0.05, 0) is 70.4 Å². The Labute approximate surface area is 326 Å². The molecule has 0 saturated carbocycles. The monoisotopic (exact) mass is 746 g/mol. The maximum Gasteiger partial charge on any atom is 0.166 e. The fourth-order valence-corrected chi connectivity index (χ4v) is 12.0. The summed E-state index contributed by atoms with van der Waals surface area (Å²) >= 11 is 3.61. The Kier molecular flexibility index (Phi) is 5.51. The third-order valence-corrected chi connectivity index (χ3v) is 14.2. The molecule has 0 amide bonds. The van der Waals surface area contributed by atoms with E-state index in [1.165, 1.54) is 73.8 Å². The molecule has 8 aromatic carbocycles. The van der Waals surface area contributed by atoms with Gasteiger partial charge in [-0.25, -0.2) is 9.97 Å². The van der Waals surface area contributed by atoms with Gasteiger partial charge in [0.1, 0.15) is 16.0 Å². The quantitative estimate of drug-likeness (QED) is 0.180. The summed E-state index contributed by atoms with van der Waals surface area (Å²) in [5, 5.41) is 11.4. The first-order valence-electron chi connectivity index (χ1n) is 18.9. The van der Waals surface area contributed by atoms with Crippen LogP contribution in [-0.2, 0) is 0 Å². The molecule has 56 heavy (non-hydrogen) atoms. The number of thiophene rings is 2. The number of nitrogens with zero attached hydrogens (tertiary/aromatic N) is 4. The van der Waals surface area contributed by atoms with Crippen LogP contribution in [0.1, 0.15) is 0 Å². The average Bonchev–Trinajstić information content (AvgIpc) is 3.98. The van der Waals surface area contributed by atoms with Gasteiger partial charge in [0, 0.05) is 63.1 Å². The Balaban J connectivity index is 1.21. The standard InChI is InChI=1S/C50H26N4S2/c1-2-12-28(13-3-1)53-35-20-6-4-14-29(35)32-18-9-19-34(48(32)53)46-49(52-50-47(51-46)33-15-5-7-21-38(33)56-50)54-36-24-23-27-11-8-16-30-31-17-10-22-39-42(31)45-40(55-39)26-25-37(54)44(45)43(36)41(27)30/h1-26H. The van der Waals surface area contributed by atoms with Crippen molar-refractivity contribution in [3.8, 4) is 33.9 Å². The lowest BCUT2D eigenvalue weighted by molar-refractivity contribution is 1.08. The van der Waals surface area contributed by atoms with Gasteiger partial charge in [-0.1, -0.05) is 109 Å². The third-order valence-electron chi connectivity index (χ3n) is 12.1. The fourth-order valence-electron chi connectivity index (χ4n) is 9.86. The van der Waals surface area contributed by atoms with Crippen LogP contribution in [0.5, 0.6) is 0 Å². The van der Waals surface area contributed by atoms with Crippen molar-refractivity contribution in [2.75, 3.05) is 0 Å². The minimum Gasteiger partial charge on any atom is -0.309 e. The van der Waals surface area contributed by atoms with Crippen molar-refractivity contribution in [2.24, 2.45) is 0 Å². The summed E-state index contributed by atoms with van der Waals surface area (Å²) < 4.78 is 8.66. The molecule has 13 aromatic rings. The summed E-state index contributed by atoms with van der Waals surface area (Å²) in [4.78, 5) is 12.4. The number of rotatable bonds is 3. The number of aromatic nitrogens is 4. The minimum absolute atomic E-state index is 0.845. The van der Waals surface area contributed by atoms with Crippen LogP contribution in [0.15, 0.2) is 158 Å². The summed E-state index contributed by atoms with van der Waals surface area (Å²) in [5.41, 5.74) is 11.2. The highest BCUT2D eigenvalue weighted by Gasteiger charge is 2.29. The summed E-state index contributed by atoms with van der Waals surface area (Å²) in [7, 11) is 0. The molecule has 258 valence electrons. The molecular weight excluding hydrogens is 721 g/mol. The molecule has 0 radical (unpaired) electrons. The molecule has 1 aliphatic rings. The Morgan fingerprint density at radius 1 is 0.393 bits per heavy atom. The largest absolute Gasteiger partial charge is 0.309 e. The Morgan fingerprint density at radius 2 is 1.07 bits per heavy atom. The van der Waals surface area contributed by atoms with E-state index in [4.69, 9.17) is 9.97 Å². The zero-order valence-corrected chi connectivity index (χ0v) is 31.2. The van der Waals surface area contributed by atoms with E-state index in [-0.39, 0.29) is 0 Å². The first-order valence-corrected chi connectivity index (χ1v) is 20.6. The molecule has 5 aromatic heterocycles. The smallest absolute Gasteiger partial charge is 0.166 e. The zero-order valence-electron chi connectivity index (χ0n) is 29.6. The average molecular weight is 747 g/mol. The number of benzene rings is 8. The van der Waals surface area contributed by atoms with Gasteiger partial charge in [0.25, 0.3) is 0 Å². The predicted molar refractivity (Wildman–Crippen MR) is 238 cm³/mol. The second-order valence-electron chi connectivity index (χ2n) is 14.9. The van der Waals surface area contributed by atoms with Crippen LogP contribution >= 0.6 is 22.7 Å². The number of para-hydroxylation sites is 3. The minimum atomic E-state index is 0.845. The van der Waals surface area contributed by atoms with Gasteiger partial charge in [0.15, 0.2) is 5.82 Å². The van der Waals surface area contributed by atoms with E-state index in [0.29, 0.717) is 0 Å². The second-order valence-corrected chi connectivity index (χ2v) is 17.0. The van der Waals surface area contributed by atoms with Crippen LogP contribution in [0.4, 0.5) is 0 Å². The van der Waals surface area contributed by atoms with Crippen molar-refractivity contribution in [1.29, 1.82) is 0 Å². The summed E-state index contributed by atoms with van der Waals surface area (Å²) in [6.07, 6.45) is 0. The van der Waals surface area contributed by atoms with Crippen LogP contribution in [-0.4, -0.2) is 19.1 Å². The summed E-state index contributed by atoms with van der Waals surface area (Å²) in [6.45, 7) is 0. The number of hydrogen-bond acceptors (Lipinski definition) is 4. The molecule has 5 heterocycles. The lowest BCUT2D eigenvalue weighted by atomic mass is 9.95. The molecule has 4 nitrogen and oxygen atoms in total. The van der Waals surface area contributed by atoms with Gasteiger partial charge in [0.2, 0.25) is 0 Å². The van der Waals surface area contributed by atoms with E-state index in [1.807, 2.05) is 11.3 Å². The van der Waals surface area contributed by atoms with Gasteiger partial charge >= 0.3 is 0 Å². The van der Waals surface area contributed by atoms with Gasteiger partial charge in [-0.2, -0.15) is 0 Å². The van der Waals surface area contributed by atoms with Gasteiger partial charge in [-0.15, -0.1) is 22.7 Å². The van der Waals surface area contributed by atoms with Gasteiger partial charge < -0.3 is 4.57 Å². The molecule has 0 saturated heterocycles. The van der Waals surface area contributed by atoms with Crippen molar-refractivity contribution >= 4 is 118 Å². The Hall–Kier alpha value is -6.86. The normalized spacial score (nSPS) is 12.6. The van der Waals surface area contributed by atoms with Crippen LogP contribution in [0, 0.1) is 0 Å². The highest BCUT2D eigenvalue weighted by Crippen LogP contribution is 2.53. The number of hydrogen-bond donors (Lipinski definition) is 0. The van der Waals surface area contributed by atoms with Crippen LogP contribution in [0.25, 0.3) is 129 Å². The van der Waals surface area contributed by atoms with Crippen LogP contribution < -0.4 is 0 Å². The van der Waals surface area contributed by atoms with E-state index >= 15 is 0 Å². The molecule has 0 fully saturated rings. The first kappa shape index (κ1) is 29.5. The maximum atomic E-state index is 5.75. The Bertz CT molecular complexity index is 3880. The van der Waals surface area contributed by atoms with E-state index < -0.39 is 0 Å². The molecule has 0 spiro atoms. The summed E-state index contributed by atoms with van der Waals surface area (Å²) in [6, 6.07) is 57.6. The lowest BCUT2D eigenvalue weighted by Crippen LogP contribution is -2.04. The molecule has 0 atom stereocenters. The van der Waals surface area contributed by atoms with Crippen molar-refractivity contribution in [3.63, 3.8) is 0 Å². The van der Waals surface area contributed by atoms with E-state index in [1.54, 1.807) is 11.3 Å². The molecule has 0 unspecified atom stereocenters. The predicted octanol–water partition coefficient (Wildman–Crippen LogP) is 14.2. The van der Waals surface area contributed by atoms with Crippen molar-refractivity contribution in [2.45, 2.75) is 0 Å². The SMILES string of the molecule is c1ccc(-n2c3ccccc3c3cccc(-c4nc5c(nc4-n4c6ccc7cccc8c7c6c6c7c(ccc64)sc4cccc-8c47)sc4ccccc45)c32)cc1. The zero-order chi connectivity index (χ0) is 36.2. The molecular formula is C50H26N4S2. The topological polar surface area (TPSA) is 35.6 Å². The highest BCUT2D eigenvalue weighted by molar-refractivity contribution is 7.26. The Morgan fingerprint density at radius 3 is 1.98 bits per heavy atom. The maximum absolute atomic E-state index is 5.75. The molecule has 0 N–H and O–H groups in total. The molecule has 1 aliphatic carbocycles. The lowest BCUT2D eigenvalue weighted by Gasteiger charge is -2.16. The van der Waals surface area contributed by atoms with Crippen LogP contribution in [0.2, 0.25) is 0 Å². The fraction of sp³-hybridized carbons (Fsp3) is 0. The van der Waals surface area contributed by atoms with Crippen molar-refractivity contribution in [3.05, 3.63) is 158 Å². The molecule has 6 heteroatoms. The molecule has 14 rings (SSSR count). The molecule has 0 bridgehead atoms. The van der Waals surface area contributed by atoms with Gasteiger partial charge in [-0.3, -0.25) is 4.57 Å². The van der Waals surface area contributed by atoms with E-state index in [0.717, 1.165) is 55.0 Å². The van der Waals surface area contributed by atoms with Gasteiger partial charge in [0.05, 0.1) is 22.1 Å². The highest BCUT2D eigenvalue weighted by atomic mass is 32.1. The van der Waals surface area contributed by atoms with E-state index in [9.17, 15) is 0 Å². The number of fused-ring (bicyclic) bond motifs is 7. The summed E-state index contributed by atoms with van der Waals surface area (Å²) in [5.74, 6) is 0.845. The van der Waals surface area contributed by atoms with Crippen molar-refractivity contribution in [1.82, 2.24) is 19.1 Å². The third kappa shape index (κ3) is 3.59. The first-order chi connectivity index (χ1) is 27.8. The van der Waals surface area contributed by atoms with E-state index in [2.05, 4.69) is 167 Å². The van der Waals surface area contributed by atoms with Crippen molar-refractivity contribution < 1.29 is 0 Å².